The number of tetrazole rings is 1. The second-order valence-corrected chi connectivity index (χ2v) is 3.69. The van der Waals surface area contributed by atoms with Crippen LogP contribution in [-0.4, -0.2) is 26.8 Å². The van der Waals surface area contributed by atoms with Crippen LogP contribution >= 0.6 is 0 Å². The molecular weight excluding hydrogens is 166 g/mol. The lowest BCUT2D eigenvalue weighted by molar-refractivity contribution is 0.460. The van der Waals surface area contributed by atoms with Crippen LogP contribution in [0.3, 0.4) is 0 Å². The lowest BCUT2D eigenvalue weighted by Gasteiger charge is -2.15. The Morgan fingerprint density at radius 2 is 2.38 bits per heavy atom. The van der Waals surface area contributed by atoms with Gasteiger partial charge in [0.15, 0.2) is 5.82 Å². The molecule has 0 bridgehead atoms. The first-order chi connectivity index (χ1) is 6.33. The topological polar surface area (TPSA) is 69.6 Å². The van der Waals surface area contributed by atoms with Crippen molar-refractivity contribution in [2.75, 3.05) is 6.54 Å². The number of hydrogen-bond donors (Lipinski definition) is 1. The molecule has 0 aliphatic heterocycles. The number of nitrogens with two attached hydrogens (primary N) is 1. The van der Waals surface area contributed by atoms with Crippen LogP contribution in [0, 0.1) is 5.92 Å². The van der Waals surface area contributed by atoms with Gasteiger partial charge in [0.1, 0.15) is 0 Å². The Bertz CT molecular complexity index is 282. The summed E-state index contributed by atoms with van der Waals surface area (Å²) in [6, 6.07) is 0. The standard InChI is InChI=1S/C8H15N5/c1-13-8(10-11-12-13)7-4-2-3-6(7)5-9/h6-7H,2-5,9H2,1H3. The minimum absolute atomic E-state index is 0.477. The average Bonchev–Trinajstić information content (AvgIpc) is 2.71. The zero-order valence-corrected chi connectivity index (χ0v) is 7.85. The van der Waals surface area contributed by atoms with Crippen molar-refractivity contribution in [1.29, 1.82) is 0 Å². The lowest BCUT2D eigenvalue weighted by Crippen LogP contribution is -2.19. The number of nitrogens with zero attached hydrogens (tertiary/aromatic N) is 4. The van der Waals surface area contributed by atoms with Crippen LogP contribution in [0.4, 0.5) is 0 Å². The fourth-order valence-electron chi connectivity index (χ4n) is 2.21. The van der Waals surface area contributed by atoms with Crippen LogP contribution in [0.25, 0.3) is 0 Å². The van der Waals surface area contributed by atoms with Crippen LogP contribution in [0.15, 0.2) is 0 Å². The van der Waals surface area contributed by atoms with E-state index in [1.165, 1.54) is 19.3 Å². The molecule has 0 spiro atoms. The summed E-state index contributed by atoms with van der Waals surface area (Å²) in [5.74, 6) is 2.04. The Hall–Kier alpha value is -0.970. The van der Waals surface area contributed by atoms with Gasteiger partial charge in [-0.3, -0.25) is 0 Å². The Morgan fingerprint density at radius 3 is 3.00 bits per heavy atom. The van der Waals surface area contributed by atoms with Crippen molar-refractivity contribution in [3.63, 3.8) is 0 Å². The molecule has 1 fully saturated rings. The molecule has 5 heteroatoms. The van der Waals surface area contributed by atoms with Crippen LogP contribution in [0.1, 0.15) is 31.0 Å². The van der Waals surface area contributed by atoms with Crippen molar-refractivity contribution in [1.82, 2.24) is 20.2 Å². The number of rotatable bonds is 2. The molecule has 0 aromatic carbocycles. The number of aromatic nitrogens is 4. The van der Waals surface area contributed by atoms with E-state index >= 15 is 0 Å². The predicted octanol–water partition coefficient (Wildman–Crippen LogP) is 0.0525. The van der Waals surface area contributed by atoms with Gasteiger partial charge < -0.3 is 5.73 Å². The van der Waals surface area contributed by atoms with E-state index in [0.717, 1.165) is 12.4 Å². The highest BCUT2D eigenvalue weighted by Crippen LogP contribution is 2.37. The van der Waals surface area contributed by atoms with E-state index in [1.54, 1.807) is 4.68 Å². The first-order valence-corrected chi connectivity index (χ1v) is 4.75. The quantitative estimate of drug-likeness (QED) is 0.700. The van der Waals surface area contributed by atoms with E-state index in [1.807, 2.05) is 7.05 Å². The van der Waals surface area contributed by atoms with Crippen molar-refractivity contribution in [2.24, 2.45) is 18.7 Å². The summed E-state index contributed by atoms with van der Waals surface area (Å²) in [6.45, 7) is 0.748. The Morgan fingerprint density at radius 1 is 1.54 bits per heavy atom. The van der Waals surface area contributed by atoms with Gasteiger partial charge in [-0.15, -0.1) is 5.10 Å². The van der Waals surface area contributed by atoms with E-state index in [9.17, 15) is 0 Å². The van der Waals surface area contributed by atoms with Crippen molar-refractivity contribution in [3.8, 4) is 0 Å². The number of hydrogen-bond acceptors (Lipinski definition) is 4. The molecule has 1 aliphatic carbocycles. The largest absolute Gasteiger partial charge is 0.330 e. The van der Waals surface area contributed by atoms with Gasteiger partial charge in [-0.1, -0.05) is 6.42 Å². The van der Waals surface area contributed by atoms with Crippen LogP contribution in [0.2, 0.25) is 0 Å². The van der Waals surface area contributed by atoms with Gasteiger partial charge in [0, 0.05) is 13.0 Å². The molecule has 1 aromatic rings. The molecular formula is C8H15N5. The Balaban J connectivity index is 2.20. The van der Waals surface area contributed by atoms with Crippen LogP contribution in [0.5, 0.6) is 0 Å². The first-order valence-electron chi connectivity index (χ1n) is 4.75. The van der Waals surface area contributed by atoms with Crippen molar-refractivity contribution in [3.05, 3.63) is 5.82 Å². The summed E-state index contributed by atoms with van der Waals surface area (Å²) < 4.78 is 1.76. The molecule has 2 rings (SSSR count). The van der Waals surface area contributed by atoms with Crippen molar-refractivity contribution >= 4 is 0 Å². The molecule has 0 saturated heterocycles. The van der Waals surface area contributed by atoms with Gasteiger partial charge in [0.2, 0.25) is 0 Å². The monoisotopic (exact) mass is 181 g/mol. The maximum Gasteiger partial charge on any atom is 0.154 e. The number of aryl methyl sites for hydroxylation is 1. The highest BCUT2D eigenvalue weighted by molar-refractivity contribution is 5.00. The zero-order valence-electron chi connectivity index (χ0n) is 7.85. The summed E-state index contributed by atoms with van der Waals surface area (Å²) in [4.78, 5) is 0. The minimum Gasteiger partial charge on any atom is -0.330 e. The molecule has 2 atom stereocenters. The second kappa shape index (κ2) is 3.41. The van der Waals surface area contributed by atoms with Gasteiger partial charge in [0.25, 0.3) is 0 Å². The third-order valence-electron chi connectivity index (χ3n) is 2.95. The summed E-state index contributed by atoms with van der Waals surface area (Å²) >= 11 is 0. The SMILES string of the molecule is Cn1nnnc1C1CCCC1CN. The summed E-state index contributed by atoms with van der Waals surface area (Å²) in [6.07, 6.45) is 3.64. The smallest absolute Gasteiger partial charge is 0.154 e. The Labute approximate surface area is 77.3 Å². The van der Waals surface area contributed by atoms with E-state index in [2.05, 4.69) is 15.5 Å². The fourth-order valence-corrected chi connectivity index (χ4v) is 2.21. The van der Waals surface area contributed by atoms with Gasteiger partial charge >= 0.3 is 0 Å². The molecule has 13 heavy (non-hydrogen) atoms. The molecule has 2 unspecified atom stereocenters. The van der Waals surface area contributed by atoms with Gasteiger partial charge in [-0.25, -0.2) is 4.68 Å². The molecule has 1 aromatic heterocycles. The van der Waals surface area contributed by atoms with Crippen molar-refractivity contribution < 1.29 is 0 Å². The zero-order chi connectivity index (χ0) is 9.26. The first kappa shape index (κ1) is 8.62. The average molecular weight is 181 g/mol. The normalized spacial score (nSPS) is 28.2. The fraction of sp³-hybridized carbons (Fsp3) is 0.875. The molecule has 0 radical (unpaired) electrons. The summed E-state index contributed by atoms with van der Waals surface area (Å²) in [5, 5.41) is 11.5. The minimum atomic E-state index is 0.477. The van der Waals surface area contributed by atoms with Crippen LogP contribution < -0.4 is 5.73 Å². The van der Waals surface area contributed by atoms with E-state index in [4.69, 9.17) is 5.73 Å². The molecule has 1 aliphatic rings. The maximum atomic E-state index is 5.70. The molecule has 0 amide bonds. The maximum absolute atomic E-state index is 5.70. The third-order valence-corrected chi connectivity index (χ3v) is 2.95. The van der Waals surface area contributed by atoms with Crippen molar-refractivity contribution in [2.45, 2.75) is 25.2 Å². The molecule has 2 N–H and O–H groups in total. The van der Waals surface area contributed by atoms with Gasteiger partial charge in [-0.2, -0.15) is 0 Å². The van der Waals surface area contributed by atoms with Gasteiger partial charge in [0.05, 0.1) is 0 Å². The van der Waals surface area contributed by atoms with Crippen LogP contribution in [-0.2, 0) is 7.05 Å². The highest BCUT2D eigenvalue weighted by atomic mass is 15.5. The van der Waals surface area contributed by atoms with Gasteiger partial charge in [-0.05, 0) is 35.7 Å². The third kappa shape index (κ3) is 1.44. The van der Waals surface area contributed by atoms with E-state index in [0.29, 0.717) is 11.8 Å². The highest BCUT2D eigenvalue weighted by Gasteiger charge is 2.30. The molecule has 5 nitrogen and oxygen atoms in total. The Kier molecular flexibility index (Phi) is 2.26. The molecule has 1 heterocycles. The second-order valence-electron chi connectivity index (χ2n) is 3.69. The van der Waals surface area contributed by atoms with E-state index < -0.39 is 0 Å². The molecule has 1 saturated carbocycles. The summed E-state index contributed by atoms with van der Waals surface area (Å²) in [5.41, 5.74) is 5.70. The molecule has 72 valence electrons. The van der Waals surface area contributed by atoms with E-state index in [-0.39, 0.29) is 0 Å². The lowest BCUT2D eigenvalue weighted by atomic mass is 9.95. The predicted molar refractivity (Wildman–Crippen MR) is 47.9 cm³/mol. The summed E-state index contributed by atoms with van der Waals surface area (Å²) in [7, 11) is 1.89.